The normalized spacial score (nSPS) is 10.6. The summed E-state index contributed by atoms with van der Waals surface area (Å²) >= 11 is 6.05. The van der Waals surface area contributed by atoms with Crippen molar-refractivity contribution in [1.82, 2.24) is 0 Å². The van der Waals surface area contributed by atoms with Crippen LogP contribution in [0.1, 0.15) is 38.7 Å². The maximum atomic E-state index is 12.3. The maximum Gasteiger partial charge on any atom is 0.226 e. The van der Waals surface area contributed by atoms with Crippen molar-refractivity contribution in [3.8, 4) is 5.75 Å². The Bertz CT molecular complexity index is 804. The number of hydrogen-bond acceptors (Lipinski definition) is 3. The summed E-state index contributed by atoms with van der Waals surface area (Å²) in [6.45, 7) is 5.91. The van der Waals surface area contributed by atoms with E-state index in [1.54, 1.807) is 18.2 Å². The van der Waals surface area contributed by atoms with Crippen LogP contribution in [0.2, 0.25) is 5.02 Å². The highest BCUT2D eigenvalue weighted by atomic mass is 35.5. The monoisotopic (exact) mass is 388 g/mol. The average Bonchev–Trinajstić information content (AvgIpc) is 2.62. The van der Waals surface area contributed by atoms with Crippen LogP contribution in [0.3, 0.4) is 0 Å². The quantitative estimate of drug-likeness (QED) is 0.737. The number of carbonyl (C=O) groups excluding carboxylic acids is 2. The molecule has 0 aromatic heterocycles. The van der Waals surface area contributed by atoms with E-state index in [0.29, 0.717) is 22.4 Å². The SMILES string of the molecule is COc1ccc(Cl)cc1N(CCC(=O)Nc1ccc(C(C)C)cc1)C(C)=O. The Labute approximate surface area is 165 Å². The molecule has 0 spiro atoms. The number of nitrogens with zero attached hydrogens (tertiary/aromatic N) is 1. The summed E-state index contributed by atoms with van der Waals surface area (Å²) in [5, 5.41) is 3.35. The molecular formula is C21H25ClN2O3. The van der Waals surface area contributed by atoms with Crippen LogP contribution in [0.5, 0.6) is 5.75 Å². The summed E-state index contributed by atoms with van der Waals surface area (Å²) in [5.74, 6) is 0.607. The molecule has 0 aliphatic carbocycles. The van der Waals surface area contributed by atoms with E-state index in [4.69, 9.17) is 16.3 Å². The third-order valence-electron chi connectivity index (χ3n) is 4.24. The number of carbonyl (C=O) groups is 2. The first-order valence-electron chi connectivity index (χ1n) is 8.83. The van der Waals surface area contributed by atoms with Crippen LogP contribution in [0.25, 0.3) is 0 Å². The topological polar surface area (TPSA) is 58.6 Å². The van der Waals surface area contributed by atoms with Crippen molar-refractivity contribution in [3.05, 3.63) is 53.1 Å². The zero-order valence-corrected chi connectivity index (χ0v) is 16.8. The first-order valence-corrected chi connectivity index (χ1v) is 9.21. The van der Waals surface area contributed by atoms with E-state index in [0.717, 1.165) is 5.69 Å². The lowest BCUT2D eigenvalue weighted by Gasteiger charge is -2.23. The lowest BCUT2D eigenvalue weighted by atomic mass is 10.0. The fraction of sp³-hybridized carbons (Fsp3) is 0.333. The minimum Gasteiger partial charge on any atom is -0.495 e. The number of methoxy groups -OCH3 is 1. The minimum absolute atomic E-state index is 0.154. The van der Waals surface area contributed by atoms with Crippen molar-refractivity contribution in [2.24, 2.45) is 0 Å². The number of ether oxygens (including phenoxy) is 1. The van der Waals surface area contributed by atoms with Gasteiger partial charge in [-0.25, -0.2) is 0 Å². The molecule has 0 saturated carbocycles. The van der Waals surface area contributed by atoms with Crippen LogP contribution < -0.4 is 15.0 Å². The summed E-state index contributed by atoms with van der Waals surface area (Å²) in [5.41, 5.74) is 2.49. The molecule has 27 heavy (non-hydrogen) atoms. The van der Waals surface area contributed by atoms with E-state index in [1.165, 1.54) is 24.5 Å². The molecule has 0 heterocycles. The van der Waals surface area contributed by atoms with Crippen LogP contribution in [-0.4, -0.2) is 25.5 Å². The van der Waals surface area contributed by atoms with Gasteiger partial charge in [-0.2, -0.15) is 0 Å². The van der Waals surface area contributed by atoms with E-state index >= 15 is 0 Å². The van der Waals surface area contributed by atoms with Gasteiger partial charge in [0.05, 0.1) is 12.8 Å². The summed E-state index contributed by atoms with van der Waals surface area (Å²) in [7, 11) is 1.53. The van der Waals surface area contributed by atoms with E-state index in [9.17, 15) is 9.59 Å². The predicted octanol–water partition coefficient (Wildman–Crippen LogP) is 4.85. The Morgan fingerprint density at radius 1 is 1.15 bits per heavy atom. The Kier molecular flexibility index (Phi) is 7.25. The van der Waals surface area contributed by atoms with E-state index in [1.807, 2.05) is 24.3 Å². The van der Waals surface area contributed by atoms with Crippen LogP contribution in [0.15, 0.2) is 42.5 Å². The summed E-state index contributed by atoms with van der Waals surface area (Å²) in [6.07, 6.45) is 0.154. The maximum absolute atomic E-state index is 12.3. The molecule has 1 N–H and O–H groups in total. The van der Waals surface area contributed by atoms with Gasteiger partial charge in [-0.15, -0.1) is 0 Å². The molecule has 2 amide bonds. The number of benzene rings is 2. The smallest absolute Gasteiger partial charge is 0.226 e. The Hall–Kier alpha value is -2.53. The number of amides is 2. The molecule has 0 aliphatic rings. The van der Waals surface area contributed by atoms with E-state index in [2.05, 4.69) is 19.2 Å². The van der Waals surface area contributed by atoms with E-state index in [-0.39, 0.29) is 24.8 Å². The number of hydrogen-bond donors (Lipinski definition) is 1. The predicted molar refractivity (Wildman–Crippen MR) is 110 cm³/mol. The Morgan fingerprint density at radius 3 is 2.37 bits per heavy atom. The molecule has 5 nitrogen and oxygen atoms in total. The Balaban J connectivity index is 2.04. The highest BCUT2D eigenvalue weighted by Crippen LogP contribution is 2.31. The van der Waals surface area contributed by atoms with Gasteiger partial charge in [-0.3, -0.25) is 9.59 Å². The second-order valence-corrected chi connectivity index (χ2v) is 7.00. The number of halogens is 1. The van der Waals surface area contributed by atoms with Crippen molar-refractivity contribution in [2.45, 2.75) is 33.1 Å². The third-order valence-corrected chi connectivity index (χ3v) is 4.47. The number of nitrogens with one attached hydrogen (secondary N) is 1. The molecule has 2 aromatic carbocycles. The van der Waals surface area contributed by atoms with Gasteiger partial charge in [0.15, 0.2) is 0 Å². The molecular weight excluding hydrogens is 364 g/mol. The average molecular weight is 389 g/mol. The van der Waals surface area contributed by atoms with E-state index < -0.39 is 0 Å². The summed E-state index contributed by atoms with van der Waals surface area (Å²) < 4.78 is 5.31. The fourth-order valence-corrected chi connectivity index (χ4v) is 2.88. The molecule has 0 saturated heterocycles. The molecule has 0 bridgehead atoms. The van der Waals surface area contributed by atoms with Gasteiger partial charge < -0.3 is 15.0 Å². The van der Waals surface area contributed by atoms with Gasteiger partial charge in [-0.05, 0) is 41.8 Å². The zero-order chi connectivity index (χ0) is 20.0. The first-order chi connectivity index (χ1) is 12.8. The zero-order valence-electron chi connectivity index (χ0n) is 16.1. The second kappa shape index (κ2) is 9.42. The molecule has 2 rings (SSSR count). The van der Waals surface area contributed by atoms with Crippen LogP contribution in [-0.2, 0) is 9.59 Å². The Morgan fingerprint density at radius 2 is 1.81 bits per heavy atom. The van der Waals surface area contributed by atoms with Crippen molar-refractivity contribution in [2.75, 3.05) is 23.9 Å². The second-order valence-electron chi connectivity index (χ2n) is 6.56. The lowest BCUT2D eigenvalue weighted by Crippen LogP contribution is -2.32. The van der Waals surface area contributed by atoms with Crippen molar-refractivity contribution in [3.63, 3.8) is 0 Å². The molecule has 6 heteroatoms. The van der Waals surface area contributed by atoms with Gasteiger partial charge in [-0.1, -0.05) is 37.6 Å². The molecule has 0 aliphatic heterocycles. The highest BCUT2D eigenvalue weighted by molar-refractivity contribution is 6.31. The number of anilines is 2. The molecule has 0 fully saturated rings. The third kappa shape index (κ3) is 5.73. The highest BCUT2D eigenvalue weighted by Gasteiger charge is 2.18. The van der Waals surface area contributed by atoms with Gasteiger partial charge in [0.1, 0.15) is 5.75 Å². The van der Waals surface area contributed by atoms with Gasteiger partial charge in [0.2, 0.25) is 11.8 Å². The molecule has 0 unspecified atom stereocenters. The molecule has 144 valence electrons. The van der Waals surface area contributed by atoms with Gasteiger partial charge in [0.25, 0.3) is 0 Å². The van der Waals surface area contributed by atoms with Crippen LogP contribution in [0.4, 0.5) is 11.4 Å². The van der Waals surface area contributed by atoms with Crippen LogP contribution >= 0.6 is 11.6 Å². The minimum atomic E-state index is -0.190. The van der Waals surface area contributed by atoms with Crippen molar-refractivity contribution < 1.29 is 14.3 Å². The summed E-state index contributed by atoms with van der Waals surface area (Å²) in [4.78, 5) is 25.9. The van der Waals surface area contributed by atoms with Gasteiger partial charge >= 0.3 is 0 Å². The largest absolute Gasteiger partial charge is 0.495 e. The standard InChI is InChI=1S/C21H25ClN2O3/c1-14(2)16-5-8-18(9-6-16)23-21(26)11-12-24(15(3)25)19-13-17(22)7-10-20(19)27-4/h5-10,13-14H,11-12H2,1-4H3,(H,23,26). The molecule has 0 atom stereocenters. The van der Waals surface area contributed by atoms with Gasteiger partial charge in [0, 0.05) is 30.6 Å². The number of rotatable bonds is 7. The lowest BCUT2D eigenvalue weighted by molar-refractivity contribution is -0.117. The molecule has 0 radical (unpaired) electrons. The molecule has 2 aromatic rings. The van der Waals surface area contributed by atoms with Crippen LogP contribution in [0, 0.1) is 0 Å². The fourth-order valence-electron chi connectivity index (χ4n) is 2.71. The first kappa shape index (κ1) is 20.8. The van der Waals surface area contributed by atoms with Crippen molar-refractivity contribution in [1.29, 1.82) is 0 Å². The summed E-state index contributed by atoms with van der Waals surface area (Å²) in [6, 6.07) is 12.8. The van der Waals surface area contributed by atoms with Crippen molar-refractivity contribution >= 4 is 34.8 Å².